The van der Waals surface area contributed by atoms with Gasteiger partial charge in [0.15, 0.2) is 5.58 Å². The van der Waals surface area contributed by atoms with Crippen molar-refractivity contribution in [1.82, 2.24) is 0 Å². The molecule has 0 bridgehead atoms. The van der Waals surface area contributed by atoms with Crippen LogP contribution in [0.3, 0.4) is 0 Å². The fourth-order valence-electron chi connectivity index (χ4n) is 4.36. The molecule has 1 aromatic heterocycles. The molecule has 3 aromatic carbocycles. The smallest absolute Gasteiger partial charge is 0.161 e. The molecule has 27 heavy (non-hydrogen) atoms. The third-order valence-electron chi connectivity index (χ3n) is 6.00. The molecule has 0 amide bonds. The molecule has 5 rings (SSSR count). The monoisotopic (exact) mass is 356 g/mol. The molecular formula is C24H24N2O. The second kappa shape index (κ2) is 5.53. The molecule has 0 spiro atoms. The van der Waals surface area contributed by atoms with Crippen molar-refractivity contribution < 1.29 is 4.42 Å². The first-order valence-corrected chi connectivity index (χ1v) is 9.51. The lowest BCUT2D eigenvalue weighted by molar-refractivity contribution is 0.663. The summed E-state index contributed by atoms with van der Waals surface area (Å²) < 4.78 is 6.48. The molecule has 136 valence electrons. The molecule has 0 fully saturated rings. The van der Waals surface area contributed by atoms with Gasteiger partial charge in [-0.2, -0.15) is 0 Å². The van der Waals surface area contributed by atoms with Crippen LogP contribution in [-0.4, -0.2) is 13.2 Å². The molecular weight excluding hydrogens is 332 g/mol. The van der Waals surface area contributed by atoms with Gasteiger partial charge in [0.2, 0.25) is 0 Å². The number of anilines is 3. The quantitative estimate of drug-likeness (QED) is 0.391. The summed E-state index contributed by atoms with van der Waals surface area (Å²) in [4.78, 5) is 4.76. The standard InChI is InChI=1S/C24H24N2O/c1-14-9-10-15(2)21(13-14)26-17(4)25(5)20-12-11-19-18-8-6-7-16(3)23(18)27-24(19)22(20)26/h6-13,17H,1-5H3/t17-/m0/s1. The minimum atomic E-state index is 0.223. The summed E-state index contributed by atoms with van der Waals surface area (Å²) in [6, 6.07) is 17.5. The van der Waals surface area contributed by atoms with E-state index in [1.807, 2.05) is 0 Å². The van der Waals surface area contributed by atoms with E-state index in [9.17, 15) is 0 Å². The topological polar surface area (TPSA) is 19.6 Å². The maximum Gasteiger partial charge on any atom is 0.161 e. The summed E-state index contributed by atoms with van der Waals surface area (Å²) in [7, 11) is 2.16. The maximum absolute atomic E-state index is 6.48. The van der Waals surface area contributed by atoms with Gasteiger partial charge in [-0.15, -0.1) is 0 Å². The highest BCUT2D eigenvalue weighted by atomic mass is 16.3. The van der Waals surface area contributed by atoms with Crippen molar-refractivity contribution in [3.63, 3.8) is 0 Å². The van der Waals surface area contributed by atoms with E-state index >= 15 is 0 Å². The zero-order chi connectivity index (χ0) is 18.9. The van der Waals surface area contributed by atoms with E-state index in [-0.39, 0.29) is 6.17 Å². The highest BCUT2D eigenvalue weighted by molar-refractivity contribution is 6.13. The molecule has 2 heterocycles. The van der Waals surface area contributed by atoms with Gasteiger partial charge >= 0.3 is 0 Å². The number of rotatable bonds is 1. The van der Waals surface area contributed by atoms with Crippen molar-refractivity contribution in [2.24, 2.45) is 0 Å². The average molecular weight is 356 g/mol. The fourth-order valence-corrected chi connectivity index (χ4v) is 4.36. The van der Waals surface area contributed by atoms with Gasteiger partial charge in [0.25, 0.3) is 0 Å². The third kappa shape index (κ3) is 2.14. The van der Waals surface area contributed by atoms with E-state index in [1.54, 1.807) is 0 Å². The number of benzene rings is 3. The first-order chi connectivity index (χ1) is 13.0. The third-order valence-corrected chi connectivity index (χ3v) is 6.00. The molecule has 0 aliphatic carbocycles. The zero-order valence-corrected chi connectivity index (χ0v) is 16.5. The summed E-state index contributed by atoms with van der Waals surface area (Å²) in [5.41, 5.74) is 9.33. The second-order valence-corrected chi connectivity index (χ2v) is 7.77. The molecule has 1 aliphatic heterocycles. The van der Waals surface area contributed by atoms with E-state index in [0.717, 1.165) is 11.2 Å². The lowest BCUT2D eigenvalue weighted by Crippen LogP contribution is -2.36. The Bertz CT molecular complexity index is 1200. The normalized spacial score (nSPS) is 16.6. The van der Waals surface area contributed by atoms with Crippen LogP contribution in [0.5, 0.6) is 0 Å². The first-order valence-electron chi connectivity index (χ1n) is 9.51. The predicted molar refractivity (Wildman–Crippen MR) is 114 cm³/mol. The molecule has 0 radical (unpaired) electrons. The van der Waals surface area contributed by atoms with Gasteiger partial charge in [-0.25, -0.2) is 0 Å². The second-order valence-electron chi connectivity index (χ2n) is 7.77. The first kappa shape index (κ1) is 16.2. The van der Waals surface area contributed by atoms with E-state index in [0.29, 0.717) is 0 Å². The molecule has 1 aliphatic rings. The molecule has 3 heteroatoms. The van der Waals surface area contributed by atoms with Crippen molar-refractivity contribution in [2.45, 2.75) is 33.9 Å². The largest absolute Gasteiger partial charge is 0.453 e. The Labute approximate surface area is 159 Å². The Morgan fingerprint density at radius 2 is 1.59 bits per heavy atom. The molecule has 0 unspecified atom stereocenters. The number of hydrogen-bond acceptors (Lipinski definition) is 3. The van der Waals surface area contributed by atoms with E-state index in [4.69, 9.17) is 4.42 Å². The zero-order valence-electron chi connectivity index (χ0n) is 16.5. The lowest BCUT2D eigenvalue weighted by atomic mass is 10.1. The average Bonchev–Trinajstić information content (AvgIpc) is 3.15. The fraction of sp³-hybridized carbons (Fsp3) is 0.250. The van der Waals surface area contributed by atoms with E-state index in [1.165, 1.54) is 44.5 Å². The van der Waals surface area contributed by atoms with Crippen LogP contribution in [-0.2, 0) is 0 Å². The Balaban J connectivity index is 1.88. The SMILES string of the molecule is Cc1ccc(C)c(N2c3c(ccc4c3oc3c(C)cccc34)N(C)[C@@H]2C)c1. The molecule has 1 atom stereocenters. The van der Waals surface area contributed by atoms with Crippen LogP contribution < -0.4 is 9.80 Å². The number of furan rings is 1. The van der Waals surface area contributed by atoms with Crippen molar-refractivity contribution >= 4 is 39.0 Å². The highest BCUT2D eigenvalue weighted by Gasteiger charge is 2.35. The maximum atomic E-state index is 6.48. The van der Waals surface area contributed by atoms with Gasteiger partial charge in [-0.05, 0) is 62.6 Å². The summed E-state index contributed by atoms with van der Waals surface area (Å²) >= 11 is 0. The molecule has 0 saturated heterocycles. The van der Waals surface area contributed by atoms with Gasteiger partial charge in [0, 0.05) is 23.5 Å². The number of hydrogen-bond donors (Lipinski definition) is 0. The van der Waals surface area contributed by atoms with Crippen molar-refractivity contribution in [2.75, 3.05) is 16.8 Å². The van der Waals surface area contributed by atoms with Gasteiger partial charge in [-0.1, -0.05) is 30.3 Å². The minimum absolute atomic E-state index is 0.223. The van der Waals surface area contributed by atoms with Crippen LogP contribution in [0, 0.1) is 20.8 Å². The number of aryl methyl sites for hydroxylation is 3. The van der Waals surface area contributed by atoms with Crippen molar-refractivity contribution in [3.05, 3.63) is 65.2 Å². The Morgan fingerprint density at radius 1 is 0.815 bits per heavy atom. The van der Waals surface area contributed by atoms with Crippen LogP contribution in [0.1, 0.15) is 23.6 Å². The summed E-state index contributed by atoms with van der Waals surface area (Å²) in [6.45, 7) is 8.70. The van der Waals surface area contributed by atoms with Gasteiger partial charge in [-0.3, -0.25) is 0 Å². The van der Waals surface area contributed by atoms with Gasteiger partial charge in [0.1, 0.15) is 17.4 Å². The van der Waals surface area contributed by atoms with Crippen LogP contribution >= 0.6 is 0 Å². The number of fused-ring (bicyclic) bond motifs is 5. The highest BCUT2D eigenvalue weighted by Crippen LogP contribution is 2.50. The lowest BCUT2D eigenvalue weighted by Gasteiger charge is -2.29. The number of nitrogens with zero attached hydrogens (tertiary/aromatic N) is 2. The van der Waals surface area contributed by atoms with Crippen LogP contribution in [0.25, 0.3) is 21.9 Å². The van der Waals surface area contributed by atoms with Gasteiger partial charge < -0.3 is 14.2 Å². The molecule has 4 aromatic rings. The molecule has 3 nitrogen and oxygen atoms in total. The van der Waals surface area contributed by atoms with Gasteiger partial charge in [0.05, 0.1) is 5.69 Å². The van der Waals surface area contributed by atoms with Crippen molar-refractivity contribution in [3.8, 4) is 0 Å². The number of para-hydroxylation sites is 1. The predicted octanol–water partition coefficient (Wildman–Crippen LogP) is 6.45. The van der Waals surface area contributed by atoms with Crippen LogP contribution in [0.2, 0.25) is 0 Å². The van der Waals surface area contributed by atoms with E-state index in [2.05, 4.69) is 93.1 Å². The molecule has 0 N–H and O–H groups in total. The Morgan fingerprint density at radius 3 is 2.41 bits per heavy atom. The summed E-state index contributed by atoms with van der Waals surface area (Å²) in [5, 5.41) is 2.38. The summed E-state index contributed by atoms with van der Waals surface area (Å²) in [5.74, 6) is 0. The van der Waals surface area contributed by atoms with Crippen LogP contribution in [0.4, 0.5) is 17.1 Å². The van der Waals surface area contributed by atoms with Crippen LogP contribution in [0.15, 0.2) is 52.9 Å². The molecule has 0 saturated carbocycles. The Hall–Kier alpha value is -2.94. The summed E-state index contributed by atoms with van der Waals surface area (Å²) in [6.07, 6.45) is 0.223. The minimum Gasteiger partial charge on any atom is -0.453 e. The van der Waals surface area contributed by atoms with E-state index < -0.39 is 0 Å². The Kier molecular flexibility index (Phi) is 3.33. The van der Waals surface area contributed by atoms with Crippen molar-refractivity contribution in [1.29, 1.82) is 0 Å².